The number of rotatable bonds is 8. The zero-order valence-electron chi connectivity index (χ0n) is 21.8. The van der Waals surface area contributed by atoms with Gasteiger partial charge in [0.2, 0.25) is 12.7 Å². The van der Waals surface area contributed by atoms with Crippen LogP contribution in [-0.4, -0.2) is 48.9 Å². The van der Waals surface area contributed by atoms with Gasteiger partial charge in [0.25, 0.3) is 0 Å². The highest BCUT2D eigenvalue weighted by Crippen LogP contribution is 2.47. The summed E-state index contributed by atoms with van der Waals surface area (Å²) in [6.45, 7) is 4.62. The van der Waals surface area contributed by atoms with E-state index in [1.165, 1.54) is 0 Å². The Kier molecular flexibility index (Phi) is 7.24. The number of anilines is 1. The Bertz CT molecular complexity index is 1340. The maximum Gasteiger partial charge on any atom is 0.309 e. The number of benzene rings is 3. The number of likely N-dealkylation sites (tertiary alicyclic amines) is 1. The van der Waals surface area contributed by atoms with Crippen LogP contribution in [0.1, 0.15) is 41.1 Å². The molecule has 0 bridgehead atoms. The maximum absolute atomic E-state index is 13.4. The van der Waals surface area contributed by atoms with E-state index in [0.717, 1.165) is 34.4 Å². The second-order valence-electron chi connectivity index (χ2n) is 9.74. The van der Waals surface area contributed by atoms with Gasteiger partial charge in [-0.25, -0.2) is 0 Å². The summed E-state index contributed by atoms with van der Waals surface area (Å²) >= 11 is 0. The van der Waals surface area contributed by atoms with Gasteiger partial charge in [-0.1, -0.05) is 43.3 Å². The Morgan fingerprint density at radius 2 is 1.79 bits per heavy atom. The van der Waals surface area contributed by atoms with Gasteiger partial charge in [0.15, 0.2) is 11.5 Å². The minimum Gasteiger partial charge on any atom is -0.497 e. The van der Waals surface area contributed by atoms with Gasteiger partial charge in [0.1, 0.15) is 5.75 Å². The molecular formula is C30H32N2O6. The Labute approximate surface area is 222 Å². The third-order valence-electron chi connectivity index (χ3n) is 7.52. The number of aryl methyl sites for hydroxylation is 2. The first-order valence-corrected chi connectivity index (χ1v) is 12.8. The van der Waals surface area contributed by atoms with E-state index in [9.17, 15) is 14.7 Å². The second-order valence-corrected chi connectivity index (χ2v) is 9.74. The van der Waals surface area contributed by atoms with Crippen molar-refractivity contribution in [3.05, 3.63) is 82.9 Å². The molecule has 2 aliphatic rings. The van der Waals surface area contributed by atoms with Crippen molar-refractivity contribution >= 4 is 17.6 Å². The van der Waals surface area contributed by atoms with Crippen molar-refractivity contribution in [1.29, 1.82) is 0 Å². The van der Waals surface area contributed by atoms with Crippen LogP contribution in [0, 0.1) is 12.8 Å². The summed E-state index contributed by atoms with van der Waals surface area (Å²) in [6.07, 6.45) is 0.794. The molecule has 2 heterocycles. The number of fused-ring (bicyclic) bond motifs is 1. The first-order chi connectivity index (χ1) is 18.4. The Morgan fingerprint density at radius 1 is 1.05 bits per heavy atom. The lowest BCUT2D eigenvalue weighted by molar-refractivity contribution is -0.143. The van der Waals surface area contributed by atoms with Crippen molar-refractivity contribution in [2.24, 2.45) is 5.92 Å². The molecular weight excluding hydrogens is 484 g/mol. The summed E-state index contributed by atoms with van der Waals surface area (Å²) in [4.78, 5) is 28.1. The Morgan fingerprint density at radius 3 is 2.50 bits per heavy atom. The van der Waals surface area contributed by atoms with Crippen molar-refractivity contribution in [2.45, 2.75) is 32.2 Å². The number of methoxy groups -OCH3 is 1. The summed E-state index contributed by atoms with van der Waals surface area (Å²) in [6, 6.07) is 18.4. The highest BCUT2D eigenvalue weighted by molar-refractivity contribution is 5.94. The van der Waals surface area contributed by atoms with E-state index in [2.05, 4.69) is 12.2 Å². The molecule has 3 aromatic rings. The quantitative estimate of drug-likeness (QED) is 0.445. The van der Waals surface area contributed by atoms with Gasteiger partial charge in [0, 0.05) is 24.2 Å². The van der Waals surface area contributed by atoms with Crippen molar-refractivity contribution in [3.63, 3.8) is 0 Å². The van der Waals surface area contributed by atoms with E-state index in [4.69, 9.17) is 14.2 Å². The van der Waals surface area contributed by atoms with Crippen LogP contribution >= 0.6 is 0 Å². The van der Waals surface area contributed by atoms with E-state index in [-0.39, 0.29) is 25.2 Å². The van der Waals surface area contributed by atoms with Gasteiger partial charge in [-0.2, -0.15) is 0 Å². The molecule has 0 unspecified atom stereocenters. The lowest BCUT2D eigenvalue weighted by Gasteiger charge is -2.27. The van der Waals surface area contributed by atoms with E-state index in [1.54, 1.807) is 7.11 Å². The molecule has 3 atom stereocenters. The summed E-state index contributed by atoms with van der Waals surface area (Å²) in [7, 11) is 1.59. The largest absolute Gasteiger partial charge is 0.497 e. The fourth-order valence-corrected chi connectivity index (χ4v) is 5.64. The van der Waals surface area contributed by atoms with Crippen molar-refractivity contribution in [2.75, 3.05) is 32.3 Å². The molecule has 8 nitrogen and oxygen atoms in total. The average Bonchev–Trinajstić information content (AvgIpc) is 3.54. The second kappa shape index (κ2) is 10.8. The molecule has 198 valence electrons. The summed E-state index contributed by atoms with van der Waals surface area (Å²) < 4.78 is 16.3. The Balaban J connectivity index is 1.48. The molecule has 5 rings (SSSR count). The molecule has 2 N–H and O–H groups in total. The number of carbonyl (C=O) groups excluding carboxylic acids is 1. The van der Waals surface area contributed by atoms with Crippen LogP contribution in [0.4, 0.5) is 5.69 Å². The first-order valence-electron chi connectivity index (χ1n) is 12.8. The topological polar surface area (TPSA) is 97.3 Å². The fraction of sp³-hybridized carbons (Fsp3) is 0.333. The molecule has 8 heteroatoms. The van der Waals surface area contributed by atoms with E-state index < -0.39 is 17.9 Å². The zero-order chi connectivity index (χ0) is 26.8. The molecule has 1 fully saturated rings. The number of amides is 1. The predicted octanol–water partition coefficient (Wildman–Crippen LogP) is 4.77. The number of carboxylic acid groups (broad SMARTS) is 1. The molecule has 38 heavy (non-hydrogen) atoms. The van der Waals surface area contributed by atoms with Gasteiger partial charge in [-0.05, 0) is 59.9 Å². The standard InChI is InChI=1S/C30H32N2O6/c1-4-19-7-5-6-18(2)28(19)31-26(33)16-32-15-23(21-10-13-24-25(14-21)38-17-37-24)27(30(34)35)29(32)20-8-11-22(36-3)12-9-20/h5-14,23,27,29H,4,15-17H2,1-3H3,(H,31,33)(H,34,35)/t23-,27+,29-/m1/s1. The third-order valence-corrected chi connectivity index (χ3v) is 7.52. The normalized spacial score (nSPS) is 20.3. The van der Waals surface area contributed by atoms with Crippen LogP contribution in [-0.2, 0) is 16.0 Å². The van der Waals surface area contributed by atoms with Crippen LogP contribution in [0.5, 0.6) is 17.2 Å². The summed E-state index contributed by atoms with van der Waals surface area (Å²) in [5.41, 5.74) is 4.54. The van der Waals surface area contributed by atoms with Crippen LogP contribution in [0.2, 0.25) is 0 Å². The number of ether oxygens (including phenoxy) is 3. The first kappa shape index (κ1) is 25.6. The number of aliphatic carboxylic acids is 1. The van der Waals surface area contributed by atoms with Gasteiger partial charge in [-0.3, -0.25) is 14.5 Å². The van der Waals surface area contributed by atoms with Gasteiger partial charge in [0.05, 0.1) is 19.6 Å². The van der Waals surface area contributed by atoms with Crippen molar-refractivity contribution in [3.8, 4) is 17.2 Å². The molecule has 0 aliphatic carbocycles. The van der Waals surface area contributed by atoms with E-state index in [0.29, 0.717) is 23.8 Å². The Hall–Kier alpha value is -4.04. The third kappa shape index (κ3) is 4.91. The van der Waals surface area contributed by atoms with Crippen molar-refractivity contribution in [1.82, 2.24) is 4.90 Å². The number of nitrogens with one attached hydrogen (secondary N) is 1. The monoisotopic (exact) mass is 516 g/mol. The lowest BCUT2D eigenvalue weighted by atomic mass is 9.82. The minimum atomic E-state index is -0.913. The number of para-hydroxylation sites is 1. The molecule has 0 radical (unpaired) electrons. The van der Waals surface area contributed by atoms with Crippen LogP contribution in [0.3, 0.4) is 0 Å². The molecule has 2 aliphatic heterocycles. The smallest absolute Gasteiger partial charge is 0.309 e. The van der Waals surface area contributed by atoms with E-state index in [1.807, 2.05) is 72.5 Å². The van der Waals surface area contributed by atoms with Crippen LogP contribution < -0.4 is 19.5 Å². The molecule has 0 saturated carbocycles. The fourth-order valence-electron chi connectivity index (χ4n) is 5.64. The zero-order valence-corrected chi connectivity index (χ0v) is 21.8. The predicted molar refractivity (Wildman–Crippen MR) is 143 cm³/mol. The number of carbonyl (C=O) groups is 2. The number of nitrogens with zero attached hydrogens (tertiary/aromatic N) is 1. The van der Waals surface area contributed by atoms with Gasteiger partial charge >= 0.3 is 5.97 Å². The van der Waals surface area contributed by atoms with Crippen LogP contribution in [0.15, 0.2) is 60.7 Å². The van der Waals surface area contributed by atoms with Gasteiger partial charge in [-0.15, -0.1) is 0 Å². The molecule has 1 saturated heterocycles. The van der Waals surface area contributed by atoms with Gasteiger partial charge < -0.3 is 24.6 Å². The molecule has 0 spiro atoms. The molecule has 3 aromatic carbocycles. The highest BCUT2D eigenvalue weighted by Gasteiger charge is 2.48. The summed E-state index contributed by atoms with van der Waals surface area (Å²) in [5.74, 6) is -0.289. The highest BCUT2D eigenvalue weighted by atomic mass is 16.7. The molecule has 1 amide bonds. The summed E-state index contributed by atoms with van der Waals surface area (Å²) in [5, 5.41) is 13.5. The maximum atomic E-state index is 13.4. The lowest BCUT2D eigenvalue weighted by Crippen LogP contribution is -2.35. The SMILES string of the molecule is CCc1cccc(C)c1NC(=O)CN1C[C@H](c2ccc3c(c2)OCO3)[C@H](C(=O)O)[C@H]1c1ccc(OC)cc1. The minimum absolute atomic E-state index is 0.0546. The molecule has 0 aromatic heterocycles. The van der Waals surface area contributed by atoms with E-state index >= 15 is 0 Å². The van der Waals surface area contributed by atoms with Crippen molar-refractivity contribution < 1.29 is 28.9 Å². The van der Waals surface area contributed by atoms with Crippen LogP contribution in [0.25, 0.3) is 0 Å². The number of carboxylic acids is 1. The number of hydrogen-bond acceptors (Lipinski definition) is 6. The average molecular weight is 517 g/mol. The number of hydrogen-bond donors (Lipinski definition) is 2.